The number of nitrogens with one attached hydrogen (secondary N) is 1. The van der Waals surface area contributed by atoms with Gasteiger partial charge in [0, 0.05) is 13.1 Å². The Morgan fingerprint density at radius 3 is 2.17 bits per heavy atom. The third-order valence-corrected chi connectivity index (χ3v) is 3.26. The lowest BCUT2D eigenvalue weighted by atomic mass is 10.1. The van der Waals surface area contributed by atoms with Crippen molar-refractivity contribution < 1.29 is 0 Å². The van der Waals surface area contributed by atoms with Crippen LogP contribution in [0.4, 0.5) is 0 Å². The SMILES string of the molecule is CCc1ccccc1CNCc1ccc(C)cc1. The summed E-state index contributed by atoms with van der Waals surface area (Å²) in [4.78, 5) is 0. The van der Waals surface area contributed by atoms with Crippen LogP contribution >= 0.6 is 0 Å². The van der Waals surface area contributed by atoms with Gasteiger partial charge in [0.15, 0.2) is 0 Å². The van der Waals surface area contributed by atoms with E-state index in [1.165, 1.54) is 22.3 Å². The number of hydrogen-bond acceptors (Lipinski definition) is 1. The van der Waals surface area contributed by atoms with Gasteiger partial charge in [0.25, 0.3) is 0 Å². The second-order valence-corrected chi connectivity index (χ2v) is 4.71. The molecule has 0 bridgehead atoms. The fraction of sp³-hybridized carbons (Fsp3) is 0.294. The molecule has 0 radical (unpaired) electrons. The molecule has 0 spiro atoms. The standard InChI is InChI=1S/C17H21N/c1-3-16-6-4-5-7-17(16)13-18-12-15-10-8-14(2)9-11-15/h4-11,18H,3,12-13H2,1-2H3. The summed E-state index contributed by atoms with van der Waals surface area (Å²) in [6, 6.07) is 17.4. The molecule has 0 fully saturated rings. The van der Waals surface area contributed by atoms with Gasteiger partial charge in [0.2, 0.25) is 0 Å². The van der Waals surface area contributed by atoms with Crippen LogP contribution in [0, 0.1) is 6.92 Å². The molecule has 0 heterocycles. The van der Waals surface area contributed by atoms with Crippen molar-refractivity contribution >= 4 is 0 Å². The molecule has 1 heteroatoms. The molecule has 94 valence electrons. The molecular formula is C17H21N. The van der Waals surface area contributed by atoms with E-state index in [9.17, 15) is 0 Å². The van der Waals surface area contributed by atoms with E-state index in [1.807, 2.05) is 0 Å². The van der Waals surface area contributed by atoms with Crippen LogP contribution in [-0.4, -0.2) is 0 Å². The lowest BCUT2D eigenvalue weighted by Gasteiger charge is -2.09. The minimum absolute atomic E-state index is 0.929. The van der Waals surface area contributed by atoms with Gasteiger partial charge in [0.05, 0.1) is 0 Å². The van der Waals surface area contributed by atoms with Gasteiger partial charge in [-0.05, 0) is 30.0 Å². The molecule has 2 aromatic carbocycles. The minimum Gasteiger partial charge on any atom is -0.309 e. The molecule has 0 atom stereocenters. The zero-order valence-corrected chi connectivity index (χ0v) is 11.2. The molecule has 1 N–H and O–H groups in total. The monoisotopic (exact) mass is 239 g/mol. The molecule has 0 aliphatic rings. The van der Waals surface area contributed by atoms with Crippen molar-refractivity contribution in [3.05, 3.63) is 70.8 Å². The molecular weight excluding hydrogens is 218 g/mol. The average molecular weight is 239 g/mol. The first-order valence-electron chi connectivity index (χ1n) is 6.62. The Balaban J connectivity index is 1.90. The smallest absolute Gasteiger partial charge is 0.0211 e. The predicted molar refractivity (Wildman–Crippen MR) is 77.5 cm³/mol. The molecule has 0 saturated carbocycles. The summed E-state index contributed by atoms with van der Waals surface area (Å²) in [5.41, 5.74) is 5.51. The molecule has 2 rings (SSSR count). The van der Waals surface area contributed by atoms with E-state index in [0.717, 1.165) is 19.5 Å². The van der Waals surface area contributed by atoms with E-state index in [0.29, 0.717) is 0 Å². The molecule has 0 aliphatic heterocycles. The van der Waals surface area contributed by atoms with Crippen molar-refractivity contribution in [3.8, 4) is 0 Å². The zero-order valence-electron chi connectivity index (χ0n) is 11.2. The molecule has 18 heavy (non-hydrogen) atoms. The fourth-order valence-electron chi connectivity index (χ4n) is 2.12. The Labute approximate surface area is 110 Å². The topological polar surface area (TPSA) is 12.0 Å². The van der Waals surface area contributed by atoms with E-state index in [-0.39, 0.29) is 0 Å². The van der Waals surface area contributed by atoms with Crippen LogP contribution in [0.1, 0.15) is 29.2 Å². The van der Waals surface area contributed by atoms with Crippen molar-refractivity contribution in [1.29, 1.82) is 0 Å². The lowest BCUT2D eigenvalue weighted by Crippen LogP contribution is -2.13. The van der Waals surface area contributed by atoms with Crippen molar-refractivity contribution in [2.75, 3.05) is 0 Å². The fourth-order valence-corrected chi connectivity index (χ4v) is 2.12. The first-order chi connectivity index (χ1) is 8.79. The summed E-state index contributed by atoms with van der Waals surface area (Å²) in [5, 5.41) is 3.51. The molecule has 0 saturated heterocycles. The predicted octanol–water partition coefficient (Wildman–Crippen LogP) is 3.85. The van der Waals surface area contributed by atoms with Crippen molar-refractivity contribution in [3.63, 3.8) is 0 Å². The van der Waals surface area contributed by atoms with Gasteiger partial charge < -0.3 is 5.32 Å². The highest BCUT2D eigenvalue weighted by Crippen LogP contribution is 2.09. The first-order valence-corrected chi connectivity index (χ1v) is 6.62. The van der Waals surface area contributed by atoms with Crippen LogP contribution in [0.3, 0.4) is 0 Å². The summed E-state index contributed by atoms with van der Waals surface area (Å²) in [6.45, 7) is 6.20. The van der Waals surface area contributed by atoms with Gasteiger partial charge in [-0.3, -0.25) is 0 Å². The van der Waals surface area contributed by atoms with Crippen LogP contribution in [0.15, 0.2) is 48.5 Å². The Hall–Kier alpha value is -1.60. The summed E-state index contributed by atoms with van der Waals surface area (Å²) in [6.07, 6.45) is 1.10. The quantitative estimate of drug-likeness (QED) is 0.835. The Morgan fingerprint density at radius 2 is 1.50 bits per heavy atom. The second-order valence-electron chi connectivity index (χ2n) is 4.71. The van der Waals surface area contributed by atoms with E-state index in [2.05, 4.69) is 67.7 Å². The highest BCUT2D eigenvalue weighted by atomic mass is 14.8. The first kappa shape index (κ1) is 12.8. The summed E-state index contributed by atoms with van der Waals surface area (Å²) < 4.78 is 0. The summed E-state index contributed by atoms with van der Waals surface area (Å²) in [5.74, 6) is 0. The maximum Gasteiger partial charge on any atom is 0.0211 e. The molecule has 2 aromatic rings. The average Bonchev–Trinajstić information content (AvgIpc) is 2.41. The maximum absolute atomic E-state index is 3.51. The molecule has 0 unspecified atom stereocenters. The zero-order chi connectivity index (χ0) is 12.8. The Bertz CT molecular complexity index is 485. The third-order valence-electron chi connectivity index (χ3n) is 3.26. The van der Waals surface area contributed by atoms with Gasteiger partial charge >= 0.3 is 0 Å². The van der Waals surface area contributed by atoms with Crippen LogP contribution in [0.25, 0.3) is 0 Å². The highest BCUT2D eigenvalue weighted by Gasteiger charge is 1.99. The second kappa shape index (κ2) is 6.36. The number of rotatable bonds is 5. The van der Waals surface area contributed by atoms with Gasteiger partial charge in [0.1, 0.15) is 0 Å². The van der Waals surface area contributed by atoms with Gasteiger partial charge in [-0.15, -0.1) is 0 Å². The van der Waals surface area contributed by atoms with E-state index in [1.54, 1.807) is 0 Å². The Morgan fingerprint density at radius 1 is 0.833 bits per heavy atom. The van der Waals surface area contributed by atoms with Crippen LogP contribution < -0.4 is 5.32 Å². The van der Waals surface area contributed by atoms with Crippen LogP contribution in [-0.2, 0) is 19.5 Å². The molecule has 0 aliphatic carbocycles. The molecule has 0 aromatic heterocycles. The third kappa shape index (κ3) is 3.44. The number of hydrogen-bond donors (Lipinski definition) is 1. The normalized spacial score (nSPS) is 10.6. The minimum atomic E-state index is 0.929. The van der Waals surface area contributed by atoms with Gasteiger partial charge in [-0.25, -0.2) is 0 Å². The molecule has 1 nitrogen and oxygen atoms in total. The molecule has 0 amide bonds. The van der Waals surface area contributed by atoms with Crippen LogP contribution in [0.2, 0.25) is 0 Å². The van der Waals surface area contributed by atoms with Crippen molar-refractivity contribution in [2.45, 2.75) is 33.4 Å². The highest BCUT2D eigenvalue weighted by molar-refractivity contribution is 5.27. The lowest BCUT2D eigenvalue weighted by molar-refractivity contribution is 0.688. The van der Waals surface area contributed by atoms with Crippen LogP contribution in [0.5, 0.6) is 0 Å². The van der Waals surface area contributed by atoms with Crippen molar-refractivity contribution in [2.24, 2.45) is 0 Å². The number of aryl methyl sites for hydroxylation is 2. The Kier molecular flexibility index (Phi) is 4.54. The summed E-state index contributed by atoms with van der Waals surface area (Å²) in [7, 11) is 0. The van der Waals surface area contributed by atoms with Crippen molar-refractivity contribution in [1.82, 2.24) is 5.32 Å². The van der Waals surface area contributed by atoms with Gasteiger partial charge in [-0.2, -0.15) is 0 Å². The summed E-state index contributed by atoms with van der Waals surface area (Å²) >= 11 is 0. The van der Waals surface area contributed by atoms with E-state index < -0.39 is 0 Å². The maximum atomic E-state index is 3.51. The van der Waals surface area contributed by atoms with Gasteiger partial charge in [-0.1, -0.05) is 61.0 Å². The van der Waals surface area contributed by atoms with E-state index in [4.69, 9.17) is 0 Å². The largest absolute Gasteiger partial charge is 0.309 e. The van der Waals surface area contributed by atoms with E-state index >= 15 is 0 Å². The number of benzene rings is 2.